The minimum atomic E-state index is -4.38. The summed E-state index contributed by atoms with van der Waals surface area (Å²) >= 11 is 0. The lowest BCUT2D eigenvalue weighted by atomic mass is 9.93. The molecule has 2 aromatic heterocycles. The number of alkyl halides is 3. The molecule has 162 valence electrons. The Labute approximate surface area is 175 Å². The molecule has 2 aromatic rings. The predicted octanol–water partition coefficient (Wildman–Crippen LogP) is 4.33. The number of hydrogen-bond acceptors (Lipinski definition) is 5. The number of hydrogen-bond donors (Lipinski definition) is 1. The fraction of sp³-hybridized carbons (Fsp3) is 0.591. The van der Waals surface area contributed by atoms with E-state index in [1.165, 1.54) is 6.20 Å². The third-order valence-corrected chi connectivity index (χ3v) is 6.23. The van der Waals surface area contributed by atoms with Crippen LogP contribution in [0.4, 0.5) is 19.1 Å². The lowest BCUT2D eigenvalue weighted by Crippen LogP contribution is -2.35. The molecule has 0 spiro atoms. The van der Waals surface area contributed by atoms with Gasteiger partial charge in [-0.2, -0.15) is 13.2 Å². The molecule has 2 aliphatic rings. The van der Waals surface area contributed by atoms with Gasteiger partial charge in [0, 0.05) is 42.0 Å². The summed E-state index contributed by atoms with van der Waals surface area (Å²) in [5, 5.41) is 3.37. The molecule has 4 heterocycles. The van der Waals surface area contributed by atoms with Crippen molar-refractivity contribution in [1.82, 2.24) is 20.3 Å². The molecule has 2 fully saturated rings. The minimum absolute atomic E-state index is 0.258. The highest BCUT2D eigenvalue weighted by Crippen LogP contribution is 2.32. The van der Waals surface area contributed by atoms with Gasteiger partial charge in [0.1, 0.15) is 0 Å². The van der Waals surface area contributed by atoms with Gasteiger partial charge in [-0.3, -0.25) is 4.98 Å². The van der Waals surface area contributed by atoms with E-state index in [-0.39, 0.29) is 6.42 Å². The van der Waals surface area contributed by atoms with Crippen molar-refractivity contribution in [3.05, 3.63) is 47.0 Å². The average Bonchev–Trinajstić information content (AvgIpc) is 3.06. The monoisotopic (exact) mass is 419 g/mol. The maximum Gasteiger partial charge on any atom is 0.416 e. The standard InChI is InChI=1S/C22H28F3N5/c1-14-3-4-15(2)30(14)21-28-19(13-20(29-21)16-5-8-26-9-6-16)12-18-11-17(7-10-27-18)22(23,24)25/h7,10-11,13-16,26H,3-6,8-9,12H2,1-2H3/t14-,15-/m1/s1. The second-order valence-electron chi connectivity index (χ2n) is 8.50. The Morgan fingerprint density at radius 2 is 1.70 bits per heavy atom. The number of piperidine rings is 1. The first-order chi connectivity index (χ1) is 14.3. The van der Waals surface area contributed by atoms with Crippen molar-refractivity contribution in [2.24, 2.45) is 0 Å². The summed E-state index contributed by atoms with van der Waals surface area (Å²) in [6.07, 6.45) is 1.28. The zero-order chi connectivity index (χ0) is 21.3. The van der Waals surface area contributed by atoms with Crippen molar-refractivity contribution < 1.29 is 13.2 Å². The van der Waals surface area contributed by atoms with Crippen LogP contribution in [0, 0.1) is 0 Å². The summed E-state index contributed by atoms with van der Waals surface area (Å²) in [4.78, 5) is 16.1. The largest absolute Gasteiger partial charge is 0.416 e. The van der Waals surface area contributed by atoms with Crippen molar-refractivity contribution in [2.75, 3.05) is 18.0 Å². The van der Waals surface area contributed by atoms with E-state index in [4.69, 9.17) is 9.97 Å². The number of nitrogens with zero attached hydrogens (tertiary/aromatic N) is 4. The minimum Gasteiger partial charge on any atom is -0.335 e. The van der Waals surface area contributed by atoms with Crippen molar-refractivity contribution in [3.8, 4) is 0 Å². The molecule has 0 bridgehead atoms. The molecule has 30 heavy (non-hydrogen) atoms. The second kappa shape index (κ2) is 8.49. The van der Waals surface area contributed by atoms with Crippen molar-refractivity contribution in [1.29, 1.82) is 0 Å². The normalized spacial score (nSPS) is 23.2. The molecule has 4 rings (SSSR count). The maximum atomic E-state index is 13.1. The zero-order valence-electron chi connectivity index (χ0n) is 17.4. The Hall–Kier alpha value is -2.22. The van der Waals surface area contributed by atoms with Crippen LogP contribution in [0.15, 0.2) is 24.4 Å². The molecule has 5 nitrogen and oxygen atoms in total. The molecule has 2 atom stereocenters. The van der Waals surface area contributed by atoms with E-state index in [2.05, 4.69) is 29.0 Å². The summed E-state index contributed by atoms with van der Waals surface area (Å²) in [5.41, 5.74) is 1.41. The molecule has 2 saturated heterocycles. The van der Waals surface area contributed by atoms with Gasteiger partial charge in [-0.05, 0) is 70.8 Å². The zero-order valence-corrected chi connectivity index (χ0v) is 17.4. The Morgan fingerprint density at radius 1 is 1.00 bits per heavy atom. The number of pyridine rings is 1. The number of halogens is 3. The summed E-state index contributed by atoms with van der Waals surface area (Å²) in [5.74, 6) is 1.04. The fourth-order valence-electron chi connectivity index (χ4n) is 4.56. The topological polar surface area (TPSA) is 53.9 Å². The summed E-state index contributed by atoms with van der Waals surface area (Å²) in [6, 6.07) is 4.79. The fourth-order valence-corrected chi connectivity index (χ4v) is 4.56. The van der Waals surface area contributed by atoms with Crippen molar-refractivity contribution in [3.63, 3.8) is 0 Å². The number of rotatable bonds is 4. The highest BCUT2D eigenvalue weighted by Gasteiger charge is 2.32. The Morgan fingerprint density at radius 3 is 2.37 bits per heavy atom. The third-order valence-electron chi connectivity index (χ3n) is 6.23. The molecule has 0 aromatic carbocycles. The molecule has 0 unspecified atom stereocenters. The van der Waals surface area contributed by atoms with Gasteiger partial charge in [-0.25, -0.2) is 9.97 Å². The lowest BCUT2D eigenvalue weighted by molar-refractivity contribution is -0.137. The molecular weight excluding hydrogens is 391 g/mol. The summed E-state index contributed by atoms with van der Waals surface area (Å²) in [6.45, 7) is 6.26. The van der Waals surface area contributed by atoms with E-state index in [0.717, 1.165) is 62.3 Å². The van der Waals surface area contributed by atoms with Crippen LogP contribution in [0.3, 0.4) is 0 Å². The van der Waals surface area contributed by atoms with Gasteiger partial charge < -0.3 is 10.2 Å². The SMILES string of the molecule is C[C@@H]1CC[C@@H](C)N1c1nc(Cc2cc(C(F)(F)F)ccn2)cc(C2CCNCC2)n1. The van der Waals surface area contributed by atoms with E-state index in [1.807, 2.05) is 6.07 Å². The smallest absolute Gasteiger partial charge is 0.335 e. The van der Waals surface area contributed by atoms with E-state index >= 15 is 0 Å². The number of aromatic nitrogens is 3. The first-order valence-electron chi connectivity index (χ1n) is 10.7. The van der Waals surface area contributed by atoms with Gasteiger partial charge in [-0.1, -0.05) is 0 Å². The van der Waals surface area contributed by atoms with Crippen LogP contribution in [0.2, 0.25) is 0 Å². The molecule has 0 aliphatic carbocycles. The molecule has 8 heteroatoms. The van der Waals surface area contributed by atoms with Crippen LogP contribution >= 0.6 is 0 Å². The van der Waals surface area contributed by atoms with Crippen molar-refractivity contribution >= 4 is 5.95 Å². The maximum absolute atomic E-state index is 13.1. The van der Waals surface area contributed by atoms with Crippen molar-refractivity contribution in [2.45, 2.75) is 70.1 Å². The number of anilines is 1. The second-order valence-corrected chi connectivity index (χ2v) is 8.50. The molecule has 0 amide bonds. The Balaban J connectivity index is 1.69. The molecule has 1 N–H and O–H groups in total. The average molecular weight is 419 g/mol. The van der Waals surface area contributed by atoms with Gasteiger partial charge in [0.05, 0.1) is 11.3 Å². The quantitative estimate of drug-likeness (QED) is 0.800. The first-order valence-corrected chi connectivity index (χ1v) is 10.7. The van der Waals surface area contributed by atoms with E-state index in [9.17, 15) is 13.2 Å². The van der Waals surface area contributed by atoms with Gasteiger partial charge >= 0.3 is 6.18 Å². The van der Waals surface area contributed by atoms with Crippen LogP contribution in [0.5, 0.6) is 0 Å². The highest BCUT2D eigenvalue weighted by molar-refractivity contribution is 5.39. The summed E-state index contributed by atoms with van der Waals surface area (Å²) < 4.78 is 39.3. The van der Waals surface area contributed by atoms with Crippen LogP contribution in [-0.4, -0.2) is 40.1 Å². The number of nitrogens with one attached hydrogen (secondary N) is 1. The Bertz CT molecular complexity index is 869. The molecule has 0 saturated carbocycles. The first kappa shape index (κ1) is 21.0. The van der Waals surface area contributed by atoms with Gasteiger partial charge in [0.25, 0.3) is 0 Å². The highest BCUT2D eigenvalue weighted by atomic mass is 19.4. The molecule has 2 aliphatic heterocycles. The third kappa shape index (κ3) is 4.58. The van der Waals surface area contributed by atoms with Crippen LogP contribution in [0.25, 0.3) is 0 Å². The summed E-state index contributed by atoms with van der Waals surface area (Å²) in [7, 11) is 0. The van der Waals surface area contributed by atoms with E-state index < -0.39 is 11.7 Å². The van der Waals surface area contributed by atoms with Gasteiger partial charge in [-0.15, -0.1) is 0 Å². The van der Waals surface area contributed by atoms with Crippen LogP contribution in [-0.2, 0) is 12.6 Å². The van der Waals surface area contributed by atoms with E-state index in [0.29, 0.717) is 29.6 Å². The molecule has 0 radical (unpaired) electrons. The lowest BCUT2D eigenvalue weighted by Gasteiger charge is -2.29. The van der Waals surface area contributed by atoms with Gasteiger partial charge in [0.15, 0.2) is 0 Å². The van der Waals surface area contributed by atoms with Gasteiger partial charge in [0.2, 0.25) is 5.95 Å². The Kier molecular flexibility index (Phi) is 5.95. The predicted molar refractivity (Wildman–Crippen MR) is 110 cm³/mol. The van der Waals surface area contributed by atoms with Crippen LogP contribution < -0.4 is 10.2 Å². The van der Waals surface area contributed by atoms with E-state index in [1.54, 1.807) is 0 Å². The van der Waals surface area contributed by atoms with Crippen LogP contribution in [0.1, 0.15) is 68.1 Å². The molecular formula is C22H28F3N5.